The highest BCUT2D eigenvalue weighted by molar-refractivity contribution is 5.89. The fraction of sp³-hybridized carbons (Fsp3) is 0.154. The molecule has 1 amide bonds. The Bertz CT molecular complexity index is 534. The maximum Gasteiger partial charge on any atom is 0.274 e. The molecule has 0 aliphatic heterocycles. The molecule has 88 valence electrons. The number of hydrogen-bond donors (Lipinski definition) is 2. The van der Waals surface area contributed by atoms with E-state index in [1.165, 1.54) is 0 Å². The van der Waals surface area contributed by atoms with E-state index in [4.69, 9.17) is 10.6 Å². The summed E-state index contributed by atoms with van der Waals surface area (Å²) in [5.74, 6) is 5.39. The summed E-state index contributed by atoms with van der Waals surface area (Å²) in [4.78, 5) is 11.3. The standard InChI is InChI=1S/C13H14N2O2/c1-9(13(16)15-14)17-12-8-4-6-10-5-2-3-7-11(10)12/h2-9H,14H2,1H3,(H,15,16)/t9-/m1/s1. The van der Waals surface area contributed by atoms with Crippen LogP contribution in [-0.4, -0.2) is 12.0 Å². The van der Waals surface area contributed by atoms with Gasteiger partial charge in [-0.2, -0.15) is 0 Å². The van der Waals surface area contributed by atoms with Crippen LogP contribution >= 0.6 is 0 Å². The van der Waals surface area contributed by atoms with Gasteiger partial charge in [0.25, 0.3) is 5.91 Å². The average Bonchev–Trinajstić information content (AvgIpc) is 2.38. The second-order valence-electron chi connectivity index (χ2n) is 3.75. The minimum absolute atomic E-state index is 0.349. The third-order valence-corrected chi connectivity index (χ3v) is 2.56. The van der Waals surface area contributed by atoms with Crippen LogP contribution in [0.1, 0.15) is 6.92 Å². The first-order valence-electron chi connectivity index (χ1n) is 5.37. The van der Waals surface area contributed by atoms with Crippen LogP contribution in [0.4, 0.5) is 0 Å². The number of benzene rings is 2. The van der Waals surface area contributed by atoms with Gasteiger partial charge >= 0.3 is 0 Å². The van der Waals surface area contributed by atoms with Crippen molar-refractivity contribution in [1.29, 1.82) is 0 Å². The number of nitrogens with two attached hydrogens (primary N) is 1. The number of fused-ring (bicyclic) bond motifs is 1. The van der Waals surface area contributed by atoms with Crippen molar-refractivity contribution in [2.24, 2.45) is 5.84 Å². The van der Waals surface area contributed by atoms with Gasteiger partial charge in [0.2, 0.25) is 0 Å². The van der Waals surface area contributed by atoms with Gasteiger partial charge in [-0.05, 0) is 18.4 Å². The molecule has 1 atom stereocenters. The molecule has 0 heterocycles. The van der Waals surface area contributed by atoms with E-state index in [0.29, 0.717) is 5.75 Å². The van der Waals surface area contributed by atoms with Crippen molar-refractivity contribution in [3.63, 3.8) is 0 Å². The van der Waals surface area contributed by atoms with E-state index in [9.17, 15) is 4.79 Å². The van der Waals surface area contributed by atoms with E-state index in [-0.39, 0.29) is 5.91 Å². The number of amides is 1. The van der Waals surface area contributed by atoms with Crippen molar-refractivity contribution in [2.45, 2.75) is 13.0 Å². The van der Waals surface area contributed by atoms with Gasteiger partial charge in [-0.15, -0.1) is 0 Å². The third-order valence-electron chi connectivity index (χ3n) is 2.56. The highest BCUT2D eigenvalue weighted by atomic mass is 16.5. The fourth-order valence-corrected chi connectivity index (χ4v) is 1.66. The van der Waals surface area contributed by atoms with Crippen LogP contribution in [0.3, 0.4) is 0 Å². The van der Waals surface area contributed by atoms with Gasteiger partial charge in [0, 0.05) is 5.39 Å². The highest BCUT2D eigenvalue weighted by Crippen LogP contribution is 2.25. The lowest BCUT2D eigenvalue weighted by molar-refractivity contribution is -0.127. The molecule has 3 N–H and O–H groups in total. The van der Waals surface area contributed by atoms with Gasteiger partial charge in [-0.25, -0.2) is 5.84 Å². The Kier molecular flexibility index (Phi) is 3.25. The molecule has 0 saturated heterocycles. The van der Waals surface area contributed by atoms with Crippen LogP contribution in [-0.2, 0) is 4.79 Å². The fourth-order valence-electron chi connectivity index (χ4n) is 1.66. The summed E-state index contributed by atoms with van der Waals surface area (Å²) < 4.78 is 5.59. The number of rotatable bonds is 3. The van der Waals surface area contributed by atoms with E-state index < -0.39 is 6.10 Å². The summed E-state index contributed by atoms with van der Waals surface area (Å²) in [6.45, 7) is 1.66. The van der Waals surface area contributed by atoms with Crippen molar-refractivity contribution in [1.82, 2.24) is 5.43 Å². The topological polar surface area (TPSA) is 64.3 Å². The second kappa shape index (κ2) is 4.84. The normalized spacial score (nSPS) is 12.1. The molecule has 2 aromatic rings. The quantitative estimate of drug-likeness (QED) is 0.478. The van der Waals surface area contributed by atoms with Gasteiger partial charge in [0.15, 0.2) is 6.10 Å². The van der Waals surface area contributed by atoms with Crippen LogP contribution in [0, 0.1) is 0 Å². The predicted molar refractivity (Wildman–Crippen MR) is 66.4 cm³/mol. The first-order chi connectivity index (χ1) is 8.22. The van der Waals surface area contributed by atoms with Crippen molar-refractivity contribution >= 4 is 16.7 Å². The van der Waals surface area contributed by atoms with Crippen molar-refractivity contribution in [2.75, 3.05) is 0 Å². The van der Waals surface area contributed by atoms with Crippen LogP contribution in [0.15, 0.2) is 42.5 Å². The number of carbonyl (C=O) groups is 1. The summed E-state index contributed by atoms with van der Waals surface area (Å²) in [6.07, 6.45) is -0.620. The molecule has 0 aromatic heterocycles. The Morgan fingerprint density at radius 2 is 1.94 bits per heavy atom. The number of nitrogens with one attached hydrogen (secondary N) is 1. The smallest absolute Gasteiger partial charge is 0.274 e. The predicted octanol–water partition coefficient (Wildman–Crippen LogP) is 1.60. The van der Waals surface area contributed by atoms with Gasteiger partial charge in [-0.3, -0.25) is 10.2 Å². The molecule has 4 nitrogen and oxygen atoms in total. The van der Waals surface area contributed by atoms with E-state index >= 15 is 0 Å². The molecular formula is C13H14N2O2. The van der Waals surface area contributed by atoms with Gasteiger partial charge in [0.05, 0.1) is 0 Å². The summed E-state index contributed by atoms with van der Waals surface area (Å²) in [5.41, 5.74) is 2.07. The largest absolute Gasteiger partial charge is 0.480 e. The van der Waals surface area contributed by atoms with E-state index in [1.807, 2.05) is 42.5 Å². The molecule has 0 aliphatic carbocycles. The van der Waals surface area contributed by atoms with Crippen LogP contribution in [0.25, 0.3) is 10.8 Å². The monoisotopic (exact) mass is 230 g/mol. The van der Waals surface area contributed by atoms with E-state index in [1.54, 1.807) is 6.92 Å². The molecular weight excluding hydrogens is 216 g/mol. The molecule has 4 heteroatoms. The van der Waals surface area contributed by atoms with Crippen LogP contribution in [0.2, 0.25) is 0 Å². The van der Waals surface area contributed by atoms with Crippen molar-refractivity contribution in [3.8, 4) is 5.75 Å². The summed E-state index contributed by atoms with van der Waals surface area (Å²) in [6, 6.07) is 13.6. The summed E-state index contributed by atoms with van der Waals surface area (Å²) in [5, 5.41) is 2.05. The van der Waals surface area contributed by atoms with Crippen LogP contribution in [0.5, 0.6) is 5.75 Å². The third kappa shape index (κ3) is 2.37. The first kappa shape index (κ1) is 11.4. The number of carbonyl (C=O) groups excluding carboxylic acids is 1. The van der Waals surface area contributed by atoms with Crippen molar-refractivity contribution < 1.29 is 9.53 Å². The molecule has 0 saturated carbocycles. The second-order valence-corrected chi connectivity index (χ2v) is 3.75. The Morgan fingerprint density at radius 1 is 1.24 bits per heavy atom. The molecule has 0 aliphatic rings. The lowest BCUT2D eigenvalue weighted by atomic mass is 10.1. The molecule has 0 fully saturated rings. The zero-order valence-electron chi connectivity index (χ0n) is 9.51. The molecule has 2 rings (SSSR count). The number of hydrazine groups is 1. The maximum absolute atomic E-state index is 11.3. The maximum atomic E-state index is 11.3. The van der Waals surface area contributed by atoms with Crippen LogP contribution < -0.4 is 16.0 Å². The van der Waals surface area contributed by atoms with E-state index in [2.05, 4.69) is 5.43 Å². The average molecular weight is 230 g/mol. The van der Waals surface area contributed by atoms with Gasteiger partial charge < -0.3 is 4.74 Å². The van der Waals surface area contributed by atoms with Gasteiger partial charge in [-0.1, -0.05) is 36.4 Å². The summed E-state index contributed by atoms with van der Waals surface area (Å²) >= 11 is 0. The first-order valence-corrected chi connectivity index (χ1v) is 5.37. The Labute approximate surface area is 99.3 Å². The molecule has 0 unspecified atom stereocenters. The van der Waals surface area contributed by atoms with Gasteiger partial charge in [0.1, 0.15) is 5.75 Å². The molecule has 0 radical (unpaired) electrons. The molecule has 2 aromatic carbocycles. The summed E-state index contributed by atoms with van der Waals surface area (Å²) in [7, 11) is 0. The Balaban J connectivity index is 2.33. The molecule has 17 heavy (non-hydrogen) atoms. The minimum atomic E-state index is -0.620. The molecule has 0 bridgehead atoms. The Hall–Kier alpha value is -2.07. The number of hydrogen-bond acceptors (Lipinski definition) is 3. The zero-order valence-corrected chi connectivity index (χ0v) is 9.51. The molecule has 0 spiro atoms. The number of ether oxygens (including phenoxy) is 1. The highest BCUT2D eigenvalue weighted by Gasteiger charge is 2.13. The zero-order chi connectivity index (χ0) is 12.3. The lowest BCUT2D eigenvalue weighted by Crippen LogP contribution is -2.40. The van der Waals surface area contributed by atoms with E-state index in [0.717, 1.165) is 10.8 Å². The Morgan fingerprint density at radius 3 is 2.71 bits per heavy atom. The SMILES string of the molecule is C[C@@H](Oc1cccc2ccccc12)C(=O)NN. The van der Waals surface area contributed by atoms with Crippen molar-refractivity contribution in [3.05, 3.63) is 42.5 Å². The lowest BCUT2D eigenvalue weighted by Gasteiger charge is -2.14. The minimum Gasteiger partial charge on any atom is -0.480 e.